The Morgan fingerprint density at radius 2 is 2.00 bits per heavy atom. The van der Waals surface area contributed by atoms with Gasteiger partial charge < -0.3 is 10.2 Å². The van der Waals surface area contributed by atoms with E-state index in [0.29, 0.717) is 5.91 Å². The Morgan fingerprint density at radius 1 is 1.33 bits per heavy atom. The van der Waals surface area contributed by atoms with Crippen molar-refractivity contribution in [1.29, 1.82) is 0 Å². The summed E-state index contributed by atoms with van der Waals surface area (Å²) in [7, 11) is 0. The highest BCUT2D eigenvalue weighted by atomic mass is 16.2. The van der Waals surface area contributed by atoms with Crippen LogP contribution in [0.4, 0.5) is 0 Å². The van der Waals surface area contributed by atoms with E-state index in [1.807, 2.05) is 0 Å². The van der Waals surface area contributed by atoms with Gasteiger partial charge in [-0.3, -0.25) is 4.79 Å². The lowest BCUT2D eigenvalue weighted by molar-refractivity contribution is -0.144. The van der Waals surface area contributed by atoms with Crippen LogP contribution in [0.5, 0.6) is 0 Å². The quantitative estimate of drug-likeness (QED) is 0.809. The molecular weight excluding hydrogens is 260 g/mol. The zero-order valence-electron chi connectivity index (χ0n) is 14.3. The third kappa shape index (κ3) is 3.68. The largest absolute Gasteiger partial charge is 0.338 e. The van der Waals surface area contributed by atoms with Gasteiger partial charge in [0.15, 0.2) is 0 Å². The maximum atomic E-state index is 13.1. The summed E-state index contributed by atoms with van der Waals surface area (Å²) in [5.41, 5.74) is 1.65. The minimum absolute atomic E-state index is 0.0902. The van der Waals surface area contributed by atoms with Crippen LogP contribution in [-0.2, 0) is 4.79 Å². The van der Waals surface area contributed by atoms with Crippen LogP contribution in [0.2, 0.25) is 0 Å². The SMILES string of the molecule is CCCC1(C(=O)N2CC=C(C(C)(C)C)CC2)CCNCC1. The van der Waals surface area contributed by atoms with Crippen molar-refractivity contribution in [3.63, 3.8) is 0 Å². The smallest absolute Gasteiger partial charge is 0.229 e. The molecule has 0 aromatic rings. The van der Waals surface area contributed by atoms with Crippen LogP contribution >= 0.6 is 0 Å². The molecule has 0 saturated carbocycles. The first-order chi connectivity index (χ1) is 9.89. The summed E-state index contributed by atoms with van der Waals surface area (Å²) in [4.78, 5) is 15.2. The van der Waals surface area contributed by atoms with Gasteiger partial charge in [0.25, 0.3) is 0 Å². The fourth-order valence-corrected chi connectivity index (χ4v) is 3.82. The molecule has 0 unspecified atom stereocenters. The highest BCUT2D eigenvalue weighted by Gasteiger charge is 2.41. The number of piperidine rings is 1. The van der Waals surface area contributed by atoms with Gasteiger partial charge in [-0.25, -0.2) is 0 Å². The van der Waals surface area contributed by atoms with E-state index in [0.717, 1.165) is 58.3 Å². The first kappa shape index (κ1) is 16.5. The number of hydrogen-bond acceptors (Lipinski definition) is 2. The molecule has 0 bridgehead atoms. The van der Waals surface area contributed by atoms with Crippen molar-refractivity contribution < 1.29 is 4.79 Å². The zero-order valence-corrected chi connectivity index (χ0v) is 14.3. The fraction of sp³-hybridized carbons (Fsp3) is 0.833. The average molecular weight is 292 g/mol. The Bertz CT molecular complexity index is 394. The molecule has 1 fully saturated rings. The number of carbonyl (C=O) groups excluding carboxylic acids is 1. The van der Waals surface area contributed by atoms with Crippen LogP contribution in [0.25, 0.3) is 0 Å². The predicted molar refractivity (Wildman–Crippen MR) is 88.2 cm³/mol. The van der Waals surface area contributed by atoms with E-state index in [2.05, 4.69) is 44.0 Å². The molecule has 1 amide bonds. The van der Waals surface area contributed by atoms with Gasteiger partial charge in [-0.15, -0.1) is 0 Å². The first-order valence-electron chi connectivity index (χ1n) is 8.59. The number of amides is 1. The molecule has 21 heavy (non-hydrogen) atoms. The predicted octanol–water partition coefficient (Wildman–Crippen LogP) is 3.36. The first-order valence-corrected chi connectivity index (χ1v) is 8.59. The average Bonchev–Trinajstić information content (AvgIpc) is 2.47. The van der Waals surface area contributed by atoms with E-state index in [-0.39, 0.29) is 10.8 Å². The van der Waals surface area contributed by atoms with Crippen molar-refractivity contribution >= 4 is 5.91 Å². The highest BCUT2D eigenvalue weighted by Crippen LogP contribution is 2.38. The van der Waals surface area contributed by atoms with Crippen molar-refractivity contribution in [2.75, 3.05) is 26.2 Å². The van der Waals surface area contributed by atoms with Crippen molar-refractivity contribution in [3.05, 3.63) is 11.6 Å². The molecule has 3 nitrogen and oxygen atoms in total. The van der Waals surface area contributed by atoms with Crippen LogP contribution in [0.3, 0.4) is 0 Å². The zero-order chi connectivity index (χ0) is 15.5. The molecule has 2 rings (SSSR count). The molecule has 2 aliphatic heterocycles. The number of hydrogen-bond donors (Lipinski definition) is 1. The Labute approximate surface area is 130 Å². The molecule has 0 radical (unpaired) electrons. The van der Waals surface area contributed by atoms with E-state index in [9.17, 15) is 4.79 Å². The van der Waals surface area contributed by atoms with E-state index in [1.165, 1.54) is 5.57 Å². The summed E-state index contributed by atoms with van der Waals surface area (Å²) < 4.78 is 0. The van der Waals surface area contributed by atoms with Crippen LogP contribution in [-0.4, -0.2) is 37.0 Å². The Kier molecular flexibility index (Phi) is 5.13. The summed E-state index contributed by atoms with van der Waals surface area (Å²) in [5, 5.41) is 3.40. The monoisotopic (exact) mass is 292 g/mol. The lowest BCUT2D eigenvalue weighted by atomic mass is 9.73. The lowest BCUT2D eigenvalue weighted by Crippen LogP contribution is -2.50. The van der Waals surface area contributed by atoms with Gasteiger partial charge in [0.1, 0.15) is 0 Å². The van der Waals surface area contributed by atoms with Crippen LogP contribution in [0.15, 0.2) is 11.6 Å². The van der Waals surface area contributed by atoms with Gasteiger partial charge in [-0.05, 0) is 44.2 Å². The third-order valence-electron chi connectivity index (χ3n) is 5.20. The Balaban J connectivity index is 2.07. The molecule has 0 aliphatic carbocycles. The third-order valence-corrected chi connectivity index (χ3v) is 5.20. The Hall–Kier alpha value is -0.830. The number of rotatable bonds is 3. The second-order valence-electron chi connectivity index (χ2n) is 7.76. The molecule has 2 heterocycles. The van der Waals surface area contributed by atoms with Crippen molar-refractivity contribution in [2.45, 2.75) is 59.8 Å². The molecule has 0 spiro atoms. The second kappa shape index (κ2) is 6.51. The van der Waals surface area contributed by atoms with Gasteiger partial charge in [0, 0.05) is 13.1 Å². The summed E-state index contributed by atoms with van der Waals surface area (Å²) in [6, 6.07) is 0. The van der Waals surface area contributed by atoms with Crippen molar-refractivity contribution in [1.82, 2.24) is 10.2 Å². The number of nitrogens with one attached hydrogen (secondary N) is 1. The number of nitrogens with zero attached hydrogens (tertiary/aromatic N) is 1. The van der Waals surface area contributed by atoms with E-state index < -0.39 is 0 Å². The van der Waals surface area contributed by atoms with Gasteiger partial charge >= 0.3 is 0 Å². The molecule has 0 atom stereocenters. The minimum atomic E-state index is -0.0902. The molecular formula is C18H32N2O. The second-order valence-corrected chi connectivity index (χ2v) is 7.76. The Morgan fingerprint density at radius 3 is 2.48 bits per heavy atom. The van der Waals surface area contributed by atoms with E-state index in [4.69, 9.17) is 0 Å². The van der Waals surface area contributed by atoms with Crippen molar-refractivity contribution in [2.24, 2.45) is 10.8 Å². The normalized spacial score (nSPS) is 22.9. The minimum Gasteiger partial charge on any atom is -0.338 e. The lowest BCUT2D eigenvalue weighted by Gasteiger charge is -2.42. The summed E-state index contributed by atoms with van der Waals surface area (Å²) >= 11 is 0. The number of carbonyl (C=O) groups is 1. The topological polar surface area (TPSA) is 32.3 Å². The summed E-state index contributed by atoms with van der Waals surface area (Å²) in [6.07, 6.45) is 7.48. The van der Waals surface area contributed by atoms with Crippen LogP contribution in [0.1, 0.15) is 59.8 Å². The van der Waals surface area contributed by atoms with Gasteiger partial charge in [0.2, 0.25) is 5.91 Å². The van der Waals surface area contributed by atoms with Gasteiger partial charge in [-0.2, -0.15) is 0 Å². The molecule has 120 valence electrons. The van der Waals surface area contributed by atoms with Crippen molar-refractivity contribution in [3.8, 4) is 0 Å². The maximum absolute atomic E-state index is 13.1. The summed E-state index contributed by atoms with van der Waals surface area (Å²) in [5.74, 6) is 0.412. The molecule has 2 aliphatic rings. The molecule has 1 saturated heterocycles. The van der Waals surface area contributed by atoms with Gasteiger partial charge in [0.05, 0.1) is 5.41 Å². The molecule has 0 aromatic heterocycles. The van der Waals surface area contributed by atoms with Crippen LogP contribution < -0.4 is 5.32 Å². The maximum Gasteiger partial charge on any atom is 0.229 e. The standard InChI is InChI=1S/C18H32N2O/c1-5-8-18(9-11-19-12-10-18)16(21)20-13-6-15(7-14-20)17(2,3)4/h6,19H,5,7-14H2,1-4H3. The fourth-order valence-electron chi connectivity index (χ4n) is 3.82. The summed E-state index contributed by atoms with van der Waals surface area (Å²) in [6.45, 7) is 12.7. The van der Waals surface area contributed by atoms with Gasteiger partial charge in [-0.1, -0.05) is 45.8 Å². The molecule has 3 heteroatoms. The molecule has 0 aromatic carbocycles. The highest BCUT2D eigenvalue weighted by molar-refractivity contribution is 5.83. The van der Waals surface area contributed by atoms with E-state index in [1.54, 1.807) is 0 Å². The van der Waals surface area contributed by atoms with E-state index >= 15 is 0 Å². The molecule has 1 N–H and O–H groups in total. The van der Waals surface area contributed by atoms with Crippen LogP contribution in [0, 0.1) is 10.8 Å².